The number of hydrogen-bond acceptors (Lipinski definition) is 4. The van der Waals surface area contributed by atoms with E-state index in [4.69, 9.17) is 19.2 Å². The van der Waals surface area contributed by atoms with E-state index in [2.05, 4.69) is 0 Å². The monoisotopic (exact) mass is 243 g/mol. The molecule has 0 fully saturated rings. The molecule has 0 aromatic heterocycles. The Morgan fingerprint density at radius 3 is 1.12 bits per heavy atom. The minimum atomic E-state index is -5.39. The topological polar surface area (TPSA) is 86.2 Å². The van der Waals surface area contributed by atoms with Crippen LogP contribution in [0.2, 0.25) is 0 Å². The molecule has 0 aliphatic heterocycles. The quantitative estimate of drug-likeness (QED) is 0.314. The predicted molar refractivity (Wildman–Crippen MR) is 7.61 cm³/mol. The minimum Gasteiger partial charge on any atom is -0.822 e. The van der Waals surface area contributed by atoms with Gasteiger partial charge in [0.05, 0.1) is 0 Å². The van der Waals surface area contributed by atoms with Crippen LogP contribution in [0, 0.1) is 0 Å². The Labute approximate surface area is 89.9 Å². The van der Waals surface area contributed by atoms with Crippen molar-refractivity contribution < 1.29 is 82.9 Å². The molecule has 0 saturated heterocycles. The largest absolute Gasteiger partial charge is 4.00 e. The predicted octanol–water partition coefficient (Wildman–Crippen LogP) is -5.83. The van der Waals surface area contributed by atoms with E-state index in [1.54, 1.807) is 0 Å². The van der Waals surface area contributed by atoms with Crippen LogP contribution in [0.1, 0.15) is 0 Å². The molecular weight excluding hydrogens is 244 g/mol. The van der Waals surface area contributed by atoms with Gasteiger partial charge in [-0.2, -0.15) is 7.82 Å². The van der Waals surface area contributed by atoms with Gasteiger partial charge in [-0.25, -0.2) is 0 Å². The average molecular weight is 244 g/mol. The fraction of sp³-hybridized carbons (Fsp3) is 0. The summed E-state index contributed by atoms with van der Waals surface area (Å²) in [5, 5.41) is 0. The van der Waals surface area contributed by atoms with Gasteiger partial charge in [-0.3, -0.25) is 0 Å². The van der Waals surface area contributed by atoms with Crippen LogP contribution in [0.5, 0.6) is 0 Å². The molecule has 4 nitrogen and oxygen atoms in total. The van der Waals surface area contributed by atoms with Crippen LogP contribution in [-0.4, -0.2) is 0 Å². The van der Waals surface area contributed by atoms with E-state index in [9.17, 15) is 0 Å². The Bertz CT molecular complexity index is 62.2. The fourth-order valence-electron chi connectivity index (χ4n) is 0. The van der Waals surface area contributed by atoms with E-state index in [0.717, 1.165) is 0 Å². The second kappa shape index (κ2) is 9.17. The van der Waals surface area contributed by atoms with Crippen molar-refractivity contribution in [3.63, 3.8) is 0 Å². The van der Waals surface area contributed by atoms with Crippen molar-refractivity contribution >= 4 is 7.82 Å². The van der Waals surface area contributed by atoms with Crippen LogP contribution < -0.4 is 33.5 Å². The van der Waals surface area contributed by atoms with Crippen molar-refractivity contribution in [2.45, 2.75) is 0 Å². The van der Waals surface area contributed by atoms with Crippen molar-refractivity contribution in [1.82, 2.24) is 0 Å². The summed E-state index contributed by atoms with van der Waals surface area (Å²) in [6.45, 7) is 0. The van der Waals surface area contributed by atoms with Crippen LogP contribution in [-0.2, 0) is 49.3 Å². The van der Waals surface area contributed by atoms with Crippen molar-refractivity contribution in [2.24, 2.45) is 0 Å². The van der Waals surface area contributed by atoms with E-state index in [1.807, 2.05) is 0 Å². The van der Waals surface area contributed by atoms with Gasteiger partial charge in [-0.15, -0.1) is 0 Å². The van der Waals surface area contributed by atoms with Crippen molar-refractivity contribution in [2.75, 3.05) is 0 Å². The van der Waals surface area contributed by atoms with Gasteiger partial charge >= 0.3 is 45.1 Å². The maximum absolute atomic E-state index is 8.55. The molecule has 0 heterocycles. The Balaban J connectivity index is -0.0000000267. The molecule has 8 heavy (non-hydrogen) atoms. The molecule has 0 spiro atoms. The molecule has 0 amide bonds. The molecule has 0 unspecified atom stereocenters. The summed E-state index contributed by atoms with van der Waals surface area (Å²) in [5.41, 5.74) is 0. The van der Waals surface area contributed by atoms with E-state index in [-0.39, 0.29) is 63.6 Å². The van der Waals surface area contributed by atoms with Gasteiger partial charge < -0.3 is 19.2 Å². The zero-order valence-electron chi connectivity index (χ0n) is 4.03. The molecule has 1 radical (unpaired) electrons. The van der Waals surface area contributed by atoms with Gasteiger partial charge in [0.15, 0.2) is 0 Å². The average Bonchev–Trinajstić information content (AvgIpc) is 0.722. The molecule has 0 saturated carbocycles. The van der Waals surface area contributed by atoms with Gasteiger partial charge in [0.25, 0.3) is 0 Å². The summed E-state index contributed by atoms with van der Waals surface area (Å²) in [4.78, 5) is 25.6. The third-order valence-electron chi connectivity index (χ3n) is 0. The molecule has 0 atom stereocenters. The van der Waals surface area contributed by atoms with Crippen LogP contribution in [0.4, 0.5) is 0 Å². The van der Waals surface area contributed by atoms with E-state index < -0.39 is 7.82 Å². The number of phosphoric acid groups is 1. The Morgan fingerprint density at radius 1 is 1.12 bits per heavy atom. The number of hydrogen-bond donors (Lipinski definition) is 0. The molecule has 0 aliphatic carbocycles. The molecule has 0 aliphatic rings. The maximum Gasteiger partial charge on any atom is 4.00 e. The molecule has 0 rings (SSSR count). The summed E-state index contributed by atoms with van der Waals surface area (Å²) < 4.78 is 8.55. The Morgan fingerprint density at radius 2 is 1.12 bits per heavy atom. The summed E-state index contributed by atoms with van der Waals surface area (Å²) in [7, 11) is -5.39. The molecule has 0 N–H and O–H groups in total. The Kier molecular flexibility index (Phi) is 25.8. The summed E-state index contributed by atoms with van der Waals surface area (Å²) in [5.74, 6) is 0. The van der Waals surface area contributed by atoms with Gasteiger partial charge in [0, 0.05) is 18.6 Å². The van der Waals surface area contributed by atoms with Crippen molar-refractivity contribution in [3.8, 4) is 0 Å². The first-order valence-corrected chi connectivity index (χ1v) is 2.19. The summed E-state index contributed by atoms with van der Waals surface area (Å²) in [6, 6.07) is 0. The van der Waals surface area contributed by atoms with E-state index in [0.29, 0.717) is 0 Å². The zero-order chi connectivity index (χ0) is 4.50. The second-order valence-corrected chi connectivity index (χ2v) is 1.34. The first-order valence-electron chi connectivity index (χ1n) is 0.730. The van der Waals surface area contributed by atoms with Crippen LogP contribution in [0.15, 0.2) is 0 Å². The zero-order valence-corrected chi connectivity index (χ0v) is 8.78. The third-order valence-corrected chi connectivity index (χ3v) is 0. The summed E-state index contributed by atoms with van der Waals surface area (Å²) in [6.07, 6.45) is 0. The van der Waals surface area contributed by atoms with Gasteiger partial charge in [-0.1, -0.05) is 0 Å². The van der Waals surface area contributed by atoms with Gasteiger partial charge in [-0.05, 0) is 0 Å². The van der Waals surface area contributed by atoms with Gasteiger partial charge in [0.2, 0.25) is 0 Å². The van der Waals surface area contributed by atoms with Crippen LogP contribution in [0.25, 0.3) is 0 Å². The Hall–Kier alpha value is 2.17. The van der Waals surface area contributed by atoms with E-state index in [1.165, 1.54) is 0 Å². The second-order valence-electron chi connectivity index (χ2n) is 0.447. The molecule has 8 heteroatoms. The first kappa shape index (κ1) is 22.5. The normalized spacial score (nSPS) is 7.38. The smallest absolute Gasteiger partial charge is 0.822 e. The van der Waals surface area contributed by atoms with Crippen molar-refractivity contribution in [1.29, 1.82) is 0 Å². The fourth-order valence-corrected chi connectivity index (χ4v) is 0. The summed E-state index contributed by atoms with van der Waals surface area (Å²) >= 11 is 0. The van der Waals surface area contributed by atoms with Crippen LogP contribution >= 0.6 is 7.82 Å². The molecule has 37 valence electrons. The number of rotatable bonds is 0. The first-order chi connectivity index (χ1) is 2.00. The molecule has 0 bridgehead atoms. The molecular formula is LiO4PVZr+2. The van der Waals surface area contributed by atoms with E-state index >= 15 is 0 Å². The maximum atomic E-state index is 8.55. The van der Waals surface area contributed by atoms with Crippen LogP contribution in [0.3, 0.4) is 0 Å². The minimum absolute atomic E-state index is 0. The third kappa shape index (κ3) is 89.0. The van der Waals surface area contributed by atoms with Crippen molar-refractivity contribution in [3.05, 3.63) is 0 Å². The molecule has 0 aromatic rings. The van der Waals surface area contributed by atoms with Gasteiger partial charge in [0.1, 0.15) is 0 Å². The SMILES string of the molecule is O=P([O-])([O-])[O-].[Li+].[V].[Zr+4]. The standard InChI is InChI=1S/Li.H3O4P.V.Zr/c;1-5(2,3)4;;/h;(H3,1,2,3,4);;/q+1;;;+4/p-3. The molecule has 0 aromatic carbocycles.